The molecule has 0 aromatic heterocycles. The fraction of sp³-hybridized carbons (Fsp3) is 0.133. The average molecular weight is 374 g/mol. The first kappa shape index (κ1) is 15.4. The Morgan fingerprint density at radius 2 is 1.95 bits per heavy atom. The lowest BCUT2D eigenvalue weighted by Crippen LogP contribution is -2.12. The number of halogens is 3. The zero-order valence-electron chi connectivity index (χ0n) is 10.6. The van der Waals surface area contributed by atoms with E-state index >= 15 is 0 Å². The molecule has 2 rings (SSSR count). The normalized spacial score (nSPS) is 10.4. The third-order valence-corrected chi connectivity index (χ3v) is 3.78. The molecule has 0 aliphatic rings. The first-order valence-corrected chi connectivity index (χ1v) is 7.39. The quantitative estimate of drug-likeness (QED) is 0.677. The van der Waals surface area contributed by atoms with Crippen LogP contribution in [0.25, 0.3) is 0 Å². The summed E-state index contributed by atoms with van der Waals surface area (Å²) in [4.78, 5) is 12.1. The molecule has 20 heavy (non-hydrogen) atoms. The number of ether oxygens (including phenoxy) is 1. The Morgan fingerprint density at radius 3 is 2.65 bits per heavy atom. The van der Waals surface area contributed by atoms with Crippen molar-refractivity contribution in [3.63, 3.8) is 0 Å². The van der Waals surface area contributed by atoms with Gasteiger partial charge in [-0.3, -0.25) is 4.79 Å². The van der Waals surface area contributed by atoms with Gasteiger partial charge in [-0.05, 0) is 42.8 Å². The van der Waals surface area contributed by atoms with Crippen LogP contribution in [-0.2, 0) is 0 Å². The Labute approximate surface area is 135 Å². The molecule has 2 aromatic carbocycles. The van der Waals surface area contributed by atoms with Crippen LogP contribution >= 0.6 is 39.1 Å². The van der Waals surface area contributed by atoms with Gasteiger partial charge in [0, 0.05) is 15.1 Å². The summed E-state index contributed by atoms with van der Waals surface area (Å²) in [6.45, 7) is 1.85. The van der Waals surface area contributed by atoms with E-state index in [2.05, 4.69) is 15.9 Å². The second kappa shape index (κ2) is 6.61. The molecule has 0 saturated heterocycles. The highest BCUT2D eigenvalue weighted by Crippen LogP contribution is 2.24. The van der Waals surface area contributed by atoms with Gasteiger partial charge in [0.2, 0.25) is 5.78 Å². The van der Waals surface area contributed by atoms with Gasteiger partial charge in [-0.25, -0.2) is 0 Å². The number of aryl methyl sites for hydroxylation is 1. The van der Waals surface area contributed by atoms with Crippen LogP contribution in [-0.4, -0.2) is 12.4 Å². The molecular formula is C15H11BrCl2O2. The number of carbonyl (C=O) groups is 1. The lowest BCUT2D eigenvalue weighted by atomic mass is 10.1. The molecule has 0 heterocycles. The third kappa shape index (κ3) is 3.75. The number of benzene rings is 2. The van der Waals surface area contributed by atoms with Crippen LogP contribution in [0.1, 0.15) is 15.9 Å². The largest absolute Gasteiger partial charge is 0.485 e. The van der Waals surface area contributed by atoms with Gasteiger partial charge in [0.15, 0.2) is 6.61 Å². The van der Waals surface area contributed by atoms with Gasteiger partial charge in [0.05, 0.1) is 5.02 Å². The molecule has 0 aliphatic heterocycles. The minimum absolute atomic E-state index is 0.0708. The smallest absolute Gasteiger partial charge is 0.201 e. The lowest BCUT2D eigenvalue weighted by Gasteiger charge is -2.09. The lowest BCUT2D eigenvalue weighted by molar-refractivity contribution is 0.0921. The van der Waals surface area contributed by atoms with Crippen molar-refractivity contribution in [2.75, 3.05) is 6.61 Å². The molecule has 0 radical (unpaired) electrons. The van der Waals surface area contributed by atoms with E-state index in [1.165, 1.54) is 0 Å². The van der Waals surface area contributed by atoms with Crippen LogP contribution in [0.5, 0.6) is 5.75 Å². The average Bonchev–Trinajstić information content (AvgIpc) is 2.39. The summed E-state index contributed by atoms with van der Waals surface area (Å²) in [7, 11) is 0. The van der Waals surface area contributed by atoms with E-state index in [0.29, 0.717) is 21.4 Å². The molecule has 5 heteroatoms. The van der Waals surface area contributed by atoms with Crippen LogP contribution in [0.15, 0.2) is 40.9 Å². The summed E-state index contributed by atoms with van der Waals surface area (Å²) in [6.07, 6.45) is 0. The van der Waals surface area contributed by atoms with Crippen molar-refractivity contribution >= 4 is 44.9 Å². The molecular weight excluding hydrogens is 363 g/mol. The number of Topliss-reactive ketones (excluding diaryl/α,β-unsaturated/α-hetero) is 1. The molecule has 0 bridgehead atoms. The first-order valence-electron chi connectivity index (χ1n) is 5.84. The van der Waals surface area contributed by atoms with E-state index in [0.717, 1.165) is 10.0 Å². The molecule has 0 saturated carbocycles. The molecule has 2 aromatic rings. The molecule has 0 aliphatic carbocycles. The highest BCUT2D eigenvalue weighted by atomic mass is 79.9. The van der Waals surface area contributed by atoms with E-state index in [9.17, 15) is 4.79 Å². The van der Waals surface area contributed by atoms with Crippen molar-refractivity contribution in [3.05, 3.63) is 62.0 Å². The van der Waals surface area contributed by atoms with Crippen molar-refractivity contribution in [3.8, 4) is 5.75 Å². The third-order valence-electron chi connectivity index (χ3n) is 2.74. The summed E-state index contributed by atoms with van der Waals surface area (Å²) >= 11 is 15.2. The van der Waals surface area contributed by atoms with E-state index in [1.807, 2.05) is 25.1 Å². The number of ketones is 1. The SMILES string of the molecule is Cc1ccc(Br)cc1OCC(=O)c1ccc(Cl)cc1Cl. The summed E-state index contributed by atoms with van der Waals surface area (Å²) in [6, 6.07) is 10.4. The minimum atomic E-state index is -0.189. The van der Waals surface area contributed by atoms with Crippen LogP contribution in [0.2, 0.25) is 10.0 Å². The summed E-state index contributed by atoms with van der Waals surface area (Å²) < 4.78 is 6.45. The monoisotopic (exact) mass is 372 g/mol. The fourth-order valence-electron chi connectivity index (χ4n) is 1.67. The Bertz CT molecular complexity index is 656. The second-order valence-electron chi connectivity index (χ2n) is 4.25. The number of hydrogen-bond acceptors (Lipinski definition) is 2. The predicted octanol–water partition coefficient (Wildman–Crippen LogP) is 5.33. The van der Waals surface area contributed by atoms with Crippen LogP contribution < -0.4 is 4.74 Å². The van der Waals surface area contributed by atoms with E-state index in [-0.39, 0.29) is 12.4 Å². The highest BCUT2D eigenvalue weighted by molar-refractivity contribution is 9.10. The van der Waals surface area contributed by atoms with Gasteiger partial charge in [-0.1, -0.05) is 45.2 Å². The summed E-state index contributed by atoms with van der Waals surface area (Å²) in [5.41, 5.74) is 1.37. The van der Waals surface area contributed by atoms with Crippen molar-refractivity contribution in [2.45, 2.75) is 6.92 Å². The van der Waals surface area contributed by atoms with Crippen molar-refractivity contribution < 1.29 is 9.53 Å². The van der Waals surface area contributed by atoms with Crippen LogP contribution in [0.4, 0.5) is 0 Å². The fourth-order valence-corrected chi connectivity index (χ4v) is 2.52. The van der Waals surface area contributed by atoms with Gasteiger partial charge >= 0.3 is 0 Å². The molecule has 0 amide bonds. The Hall–Kier alpha value is -1.03. The Balaban J connectivity index is 2.10. The molecule has 2 nitrogen and oxygen atoms in total. The van der Waals surface area contributed by atoms with E-state index < -0.39 is 0 Å². The Morgan fingerprint density at radius 1 is 1.20 bits per heavy atom. The molecule has 0 unspecified atom stereocenters. The van der Waals surface area contributed by atoms with Crippen LogP contribution in [0, 0.1) is 6.92 Å². The topological polar surface area (TPSA) is 26.3 Å². The zero-order chi connectivity index (χ0) is 14.7. The van der Waals surface area contributed by atoms with E-state index in [1.54, 1.807) is 18.2 Å². The molecule has 104 valence electrons. The number of hydrogen-bond donors (Lipinski definition) is 0. The summed E-state index contributed by atoms with van der Waals surface area (Å²) in [5, 5.41) is 0.826. The number of rotatable bonds is 4. The van der Waals surface area contributed by atoms with Crippen LogP contribution in [0.3, 0.4) is 0 Å². The predicted molar refractivity (Wildman–Crippen MR) is 85.2 cm³/mol. The standard InChI is InChI=1S/C15H11BrCl2O2/c1-9-2-3-10(16)6-15(9)20-8-14(19)12-5-4-11(17)7-13(12)18/h2-7H,8H2,1H3. The second-order valence-corrected chi connectivity index (χ2v) is 6.01. The summed E-state index contributed by atoms with van der Waals surface area (Å²) in [5.74, 6) is 0.476. The van der Waals surface area contributed by atoms with E-state index in [4.69, 9.17) is 27.9 Å². The van der Waals surface area contributed by atoms with Gasteiger partial charge in [-0.2, -0.15) is 0 Å². The first-order chi connectivity index (χ1) is 9.47. The van der Waals surface area contributed by atoms with Crippen molar-refractivity contribution in [1.29, 1.82) is 0 Å². The Kier molecular flexibility index (Phi) is 5.08. The minimum Gasteiger partial charge on any atom is -0.485 e. The van der Waals surface area contributed by atoms with Gasteiger partial charge in [0.25, 0.3) is 0 Å². The molecule has 0 spiro atoms. The van der Waals surface area contributed by atoms with Gasteiger partial charge in [-0.15, -0.1) is 0 Å². The van der Waals surface area contributed by atoms with Gasteiger partial charge < -0.3 is 4.74 Å². The zero-order valence-corrected chi connectivity index (χ0v) is 13.7. The highest BCUT2D eigenvalue weighted by Gasteiger charge is 2.12. The maximum absolute atomic E-state index is 12.1. The van der Waals surface area contributed by atoms with Crippen molar-refractivity contribution in [1.82, 2.24) is 0 Å². The maximum Gasteiger partial charge on any atom is 0.201 e. The van der Waals surface area contributed by atoms with Gasteiger partial charge in [0.1, 0.15) is 5.75 Å². The molecule has 0 fully saturated rings. The maximum atomic E-state index is 12.1. The number of carbonyl (C=O) groups excluding carboxylic acids is 1. The van der Waals surface area contributed by atoms with Crippen molar-refractivity contribution in [2.24, 2.45) is 0 Å². The molecule has 0 N–H and O–H groups in total. The molecule has 0 atom stereocenters.